The van der Waals surface area contributed by atoms with Gasteiger partial charge in [-0.2, -0.15) is 0 Å². The fraction of sp³-hybridized carbons (Fsp3) is 0.538. The normalized spacial score (nSPS) is 14.1. The van der Waals surface area contributed by atoms with E-state index in [4.69, 9.17) is 4.74 Å². The summed E-state index contributed by atoms with van der Waals surface area (Å²) >= 11 is 0. The maximum absolute atomic E-state index is 11.3. The van der Waals surface area contributed by atoms with Crippen molar-refractivity contribution in [3.63, 3.8) is 0 Å². The van der Waals surface area contributed by atoms with Crippen molar-refractivity contribution < 1.29 is 14.6 Å². The topological polar surface area (TPSA) is 59.4 Å². The third kappa shape index (κ3) is 3.44. The van der Waals surface area contributed by atoms with E-state index in [9.17, 15) is 9.90 Å². The smallest absolute Gasteiger partial charge is 0.309 e. The van der Waals surface area contributed by atoms with Gasteiger partial charge in [0.25, 0.3) is 0 Å². The molecule has 0 saturated carbocycles. The number of rotatable bonds is 6. The van der Waals surface area contributed by atoms with Crippen LogP contribution in [0.4, 0.5) is 0 Å². The molecule has 4 nitrogen and oxygen atoms in total. The summed E-state index contributed by atoms with van der Waals surface area (Å²) < 4.78 is 5.03. The van der Waals surface area contributed by atoms with Crippen LogP contribution in [0.5, 0.6) is 5.88 Å². The molecule has 1 N–H and O–H groups in total. The third-order valence-electron chi connectivity index (χ3n) is 2.88. The summed E-state index contributed by atoms with van der Waals surface area (Å²) in [6.45, 7) is 3.75. The zero-order valence-electron chi connectivity index (χ0n) is 10.6. The molecular formula is C13H19NO3. The molecule has 0 spiro atoms. The van der Waals surface area contributed by atoms with E-state index in [2.05, 4.69) is 4.98 Å². The van der Waals surface area contributed by atoms with E-state index in [0.717, 1.165) is 12.1 Å². The predicted molar refractivity (Wildman–Crippen MR) is 65.1 cm³/mol. The minimum atomic E-state index is -0.774. The maximum Gasteiger partial charge on any atom is 0.309 e. The SMILES string of the molecule is CCCC(C)(Cc1cccc(OC)n1)C(=O)O. The molecule has 1 heterocycles. The van der Waals surface area contributed by atoms with Gasteiger partial charge in [-0.05, 0) is 19.4 Å². The number of carboxylic acid groups (broad SMARTS) is 1. The molecule has 4 heteroatoms. The number of aliphatic carboxylic acids is 1. The molecule has 17 heavy (non-hydrogen) atoms. The predicted octanol–water partition coefficient (Wildman–Crippen LogP) is 2.52. The summed E-state index contributed by atoms with van der Waals surface area (Å²) in [6, 6.07) is 5.41. The van der Waals surface area contributed by atoms with Crippen LogP contribution in [0.2, 0.25) is 0 Å². The Labute approximate surface area is 102 Å². The quantitative estimate of drug-likeness (QED) is 0.826. The van der Waals surface area contributed by atoms with Gasteiger partial charge in [0, 0.05) is 18.2 Å². The number of ether oxygens (including phenoxy) is 1. The Morgan fingerprint density at radius 2 is 2.24 bits per heavy atom. The van der Waals surface area contributed by atoms with Crippen LogP contribution in [0, 0.1) is 5.41 Å². The van der Waals surface area contributed by atoms with Crippen molar-refractivity contribution in [1.82, 2.24) is 4.98 Å². The summed E-state index contributed by atoms with van der Waals surface area (Å²) in [6.07, 6.45) is 1.90. The first-order valence-electron chi connectivity index (χ1n) is 5.75. The second-order valence-corrected chi connectivity index (χ2v) is 4.46. The number of hydrogen-bond donors (Lipinski definition) is 1. The Bertz CT molecular complexity index is 392. The van der Waals surface area contributed by atoms with Crippen LogP contribution in [-0.4, -0.2) is 23.2 Å². The first kappa shape index (κ1) is 13.5. The van der Waals surface area contributed by atoms with Gasteiger partial charge in [-0.3, -0.25) is 4.79 Å². The van der Waals surface area contributed by atoms with Crippen LogP contribution in [0.1, 0.15) is 32.4 Å². The zero-order chi connectivity index (χ0) is 12.9. The van der Waals surface area contributed by atoms with Crippen molar-refractivity contribution in [1.29, 1.82) is 0 Å². The number of carboxylic acids is 1. The molecular weight excluding hydrogens is 218 g/mol. The van der Waals surface area contributed by atoms with Gasteiger partial charge in [0.1, 0.15) is 0 Å². The van der Waals surface area contributed by atoms with E-state index in [1.54, 1.807) is 20.1 Å². The standard InChI is InChI=1S/C13H19NO3/c1-4-8-13(2,12(15)16)9-10-6-5-7-11(14-10)17-3/h5-7H,4,8-9H2,1-3H3,(H,15,16). The molecule has 1 rings (SSSR count). The van der Waals surface area contributed by atoms with Crippen molar-refractivity contribution in [2.45, 2.75) is 33.1 Å². The number of pyridine rings is 1. The average Bonchev–Trinajstić information content (AvgIpc) is 2.29. The van der Waals surface area contributed by atoms with E-state index in [1.807, 2.05) is 19.1 Å². The molecule has 0 saturated heterocycles. The largest absolute Gasteiger partial charge is 0.481 e. The van der Waals surface area contributed by atoms with Crippen molar-refractivity contribution >= 4 is 5.97 Å². The third-order valence-corrected chi connectivity index (χ3v) is 2.88. The lowest BCUT2D eigenvalue weighted by atomic mass is 9.81. The molecule has 0 aromatic carbocycles. The Morgan fingerprint density at radius 3 is 2.76 bits per heavy atom. The monoisotopic (exact) mass is 237 g/mol. The Kier molecular flexibility index (Phi) is 4.49. The van der Waals surface area contributed by atoms with Gasteiger partial charge in [-0.1, -0.05) is 19.4 Å². The van der Waals surface area contributed by atoms with Crippen LogP contribution >= 0.6 is 0 Å². The second kappa shape index (κ2) is 5.66. The van der Waals surface area contributed by atoms with Crippen molar-refractivity contribution in [2.75, 3.05) is 7.11 Å². The maximum atomic E-state index is 11.3. The fourth-order valence-electron chi connectivity index (χ4n) is 1.89. The Hall–Kier alpha value is -1.58. The van der Waals surface area contributed by atoms with E-state index < -0.39 is 11.4 Å². The average molecular weight is 237 g/mol. The highest BCUT2D eigenvalue weighted by Crippen LogP contribution is 2.28. The molecule has 94 valence electrons. The number of carbonyl (C=O) groups is 1. The first-order chi connectivity index (χ1) is 8.01. The lowest BCUT2D eigenvalue weighted by molar-refractivity contribution is -0.148. The molecule has 1 aromatic rings. The van der Waals surface area contributed by atoms with Crippen LogP contribution in [0.3, 0.4) is 0 Å². The second-order valence-electron chi connectivity index (χ2n) is 4.46. The lowest BCUT2D eigenvalue weighted by Crippen LogP contribution is -2.30. The molecule has 0 aliphatic heterocycles. The van der Waals surface area contributed by atoms with E-state index in [-0.39, 0.29) is 0 Å². The molecule has 1 aromatic heterocycles. The van der Waals surface area contributed by atoms with Crippen LogP contribution in [-0.2, 0) is 11.2 Å². The first-order valence-corrected chi connectivity index (χ1v) is 5.75. The van der Waals surface area contributed by atoms with Gasteiger partial charge in [-0.25, -0.2) is 4.98 Å². The highest BCUT2D eigenvalue weighted by atomic mass is 16.5. The summed E-state index contributed by atoms with van der Waals surface area (Å²) in [4.78, 5) is 15.6. The molecule has 1 unspecified atom stereocenters. The molecule has 0 aliphatic rings. The Morgan fingerprint density at radius 1 is 1.53 bits per heavy atom. The van der Waals surface area contributed by atoms with Gasteiger partial charge >= 0.3 is 5.97 Å². The Balaban J connectivity index is 2.89. The fourth-order valence-corrected chi connectivity index (χ4v) is 1.89. The number of aromatic nitrogens is 1. The zero-order valence-corrected chi connectivity index (χ0v) is 10.6. The molecule has 0 fully saturated rings. The molecule has 0 amide bonds. The van der Waals surface area contributed by atoms with Crippen LogP contribution < -0.4 is 4.74 Å². The minimum Gasteiger partial charge on any atom is -0.481 e. The van der Waals surface area contributed by atoms with Gasteiger partial charge in [0.15, 0.2) is 0 Å². The number of methoxy groups -OCH3 is 1. The van der Waals surface area contributed by atoms with E-state index in [1.165, 1.54) is 0 Å². The summed E-state index contributed by atoms with van der Waals surface area (Å²) in [5.41, 5.74) is -0.00334. The molecule has 1 atom stereocenters. The van der Waals surface area contributed by atoms with Crippen LogP contribution in [0.15, 0.2) is 18.2 Å². The summed E-state index contributed by atoms with van der Waals surface area (Å²) in [5.74, 6) is -0.254. The lowest BCUT2D eigenvalue weighted by Gasteiger charge is -2.23. The van der Waals surface area contributed by atoms with Gasteiger partial charge < -0.3 is 9.84 Å². The summed E-state index contributed by atoms with van der Waals surface area (Å²) in [5, 5.41) is 9.29. The van der Waals surface area contributed by atoms with Gasteiger partial charge in [0.05, 0.1) is 12.5 Å². The molecule has 0 aliphatic carbocycles. The number of nitrogens with zero attached hydrogens (tertiary/aromatic N) is 1. The van der Waals surface area contributed by atoms with Crippen molar-refractivity contribution in [2.24, 2.45) is 5.41 Å². The van der Waals surface area contributed by atoms with Crippen molar-refractivity contribution in [3.05, 3.63) is 23.9 Å². The number of hydrogen-bond acceptors (Lipinski definition) is 3. The van der Waals surface area contributed by atoms with E-state index >= 15 is 0 Å². The van der Waals surface area contributed by atoms with Gasteiger partial charge in [-0.15, -0.1) is 0 Å². The van der Waals surface area contributed by atoms with Crippen LogP contribution in [0.25, 0.3) is 0 Å². The minimum absolute atomic E-state index is 0.424. The molecule has 0 radical (unpaired) electrons. The molecule has 0 bridgehead atoms. The van der Waals surface area contributed by atoms with Gasteiger partial charge in [0.2, 0.25) is 5.88 Å². The van der Waals surface area contributed by atoms with E-state index in [0.29, 0.717) is 18.7 Å². The van der Waals surface area contributed by atoms with Crippen molar-refractivity contribution in [3.8, 4) is 5.88 Å². The highest BCUT2D eigenvalue weighted by Gasteiger charge is 2.32. The summed E-state index contributed by atoms with van der Waals surface area (Å²) in [7, 11) is 1.55. The highest BCUT2D eigenvalue weighted by molar-refractivity contribution is 5.74.